The molecule has 0 bridgehead atoms. The van der Waals surface area contributed by atoms with Crippen molar-refractivity contribution in [2.45, 2.75) is 25.8 Å². The second-order valence-corrected chi connectivity index (χ2v) is 5.39. The maximum absolute atomic E-state index is 6.03. The van der Waals surface area contributed by atoms with E-state index in [4.69, 9.17) is 10.5 Å². The fourth-order valence-electron chi connectivity index (χ4n) is 2.96. The van der Waals surface area contributed by atoms with Gasteiger partial charge in [-0.2, -0.15) is 0 Å². The minimum Gasteiger partial charge on any atom is -0.492 e. The van der Waals surface area contributed by atoms with E-state index in [1.165, 1.54) is 16.5 Å². The van der Waals surface area contributed by atoms with Crippen LogP contribution in [0.5, 0.6) is 5.75 Å². The maximum atomic E-state index is 6.03. The fourth-order valence-corrected chi connectivity index (χ4v) is 2.96. The van der Waals surface area contributed by atoms with Gasteiger partial charge in [-0.3, -0.25) is 0 Å². The van der Waals surface area contributed by atoms with Gasteiger partial charge in [-0.05, 0) is 31.2 Å². The smallest absolute Gasteiger partial charge is 0.143 e. The Labute approximate surface area is 120 Å². The van der Waals surface area contributed by atoms with Crippen LogP contribution in [0.2, 0.25) is 0 Å². The van der Waals surface area contributed by atoms with Crippen molar-refractivity contribution in [1.29, 1.82) is 0 Å². The van der Waals surface area contributed by atoms with Crippen LogP contribution >= 0.6 is 0 Å². The van der Waals surface area contributed by atoms with Crippen molar-refractivity contribution in [3.05, 3.63) is 36.4 Å². The minimum atomic E-state index is 0.344. The lowest BCUT2D eigenvalue weighted by molar-refractivity contribution is 0.339. The molecule has 0 spiro atoms. The maximum Gasteiger partial charge on any atom is 0.143 e. The molecule has 1 aliphatic rings. The Morgan fingerprint density at radius 2 is 1.90 bits per heavy atom. The lowest BCUT2D eigenvalue weighted by atomic mass is 10.0. The van der Waals surface area contributed by atoms with Gasteiger partial charge in [-0.1, -0.05) is 30.3 Å². The number of piperidine rings is 1. The third-order valence-electron chi connectivity index (χ3n) is 4.02. The van der Waals surface area contributed by atoms with Crippen molar-refractivity contribution in [3.8, 4) is 5.75 Å². The molecule has 2 N–H and O–H groups in total. The van der Waals surface area contributed by atoms with Gasteiger partial charge >= 0.3 is 0 Å². The number of nitrogens with two attached hydrogens (primary N) is 1. The molecule has 2 aromatic carbocycles. The number of anilines is 1. The van der Waals surface area contributed by atoms with Crippen molar-refractivity contribution in [3.63, 3.8) is 0 Å². The molecule has 0 aliphatic carbocycles. The summed E-state index contributed by atoms with van der Waals surface area (Å²) in [6.07, 6.45) is 2.10. The molecular weight excluding hydrogens is 248 g/mol. The Hall–Kier alpha value is -1.74. The van der Waals surface area contributed by atoms with Gasteiger partial charge in [0.25, 0.3) is 0 Å². The van der Waals surface area contributed by atoms with Gasteiger partial charge in [-0.15, -0.1) is 0 Å². The summed E-state index contributed by atoms with van der Waals surface area (Å²) in [4.78, 5) is 2.43. The van der Waals surface area contributed by atoms with Crippen LogP contribution in [0.1, 0.15) is 19.8 Å². The largest absolute Gasteiger partial charge is 0.492 e. The van der Waals surface area contributed by atoms with E-state index in [1.54, 1.807) is 0 Å². The van der Waals surface area contributed by atoms with Gasteiger partial charge in [-0.25, -0.2) is 0 Å². The van der Waals surface area contributed by atoms with E-state index in [-0.39, 0.29) is 0 Å². The number of fused-ring (bicyclic) bond motifs is 1. The van der Waals surface area contributed by atoms with Crippen LogP contribution in [0.4, 0.5) is 5.69 Å². The second-order valence-electron chi connectivity index (χ2n) is 5.39. The van der Waals surface area contributed by atoms with Crippen molar-refractivity contribution >= 4 is 16.5 Å². The average molecular weight is 270 g/mol. The minimum absolute atomic E-state index is 0.344. The summed E-state index contributed by atoms with van der Waals surface area (Å²) < 4.78 is 5.85. The van der Waals surface area contributed by atoms with E-state index in [1.807, 2.05) is 6.92 Å². The molecule has 0 aromatic heterocycles. The summed E-state index contributed by atoms with van der Waals surface area (Å²) in [5.41, 5.74) is 7.26. The van der Waals surface area contributed by atoms with Gasteiger partial charge in [0.2, 0.25) is 0 Å². The Kier molecular flexibility index (Phi) is 3.79. The monoisotopic (exact) mass is 270 g/mol. The van der Waals surface area contributed by atoms with Crippen molar-refractivity contribution in [2.75, 3.05) is 24.6 Å². The molecule has 3 rings (SSSR count). The molecule has 1 heterocycles. The summed E-state index contributed by atoms with van der Waals surface area (Å²) in [6.45, 7) is 4.74. The first-order chi connectivity index (χ1) is 9.79. The van der Waals surface area contributed by atoms with Crippen LogP contribution < -0.4 is 15.4 Å². The zero-order valence-corrected chi connectivity index (χ0v) is 12.0. The highest BCUT2D eigenvalue weighted by Gasteiger charge is 2.21. The normalized spacial score (nSPS) is 16.6. The molecule has 0 radical (unpaired) electrons. The molecule has 0 atom stereocenters. The van der Waals surface area contributed by atoms with Gasteiger partial charge in [0.15, 0.2) is 0 Å². The number of benzene rings is 2. The molecule has 0 unspecified atom stereocenters. The third kappa shape index (κ3) is 2.46. The average Bonchev–Trinajstić information content (AvgIpc) is 2.48. The first kappa shape index (κ1) is 13.3. The van der Waals surface area contributed by atoms with Crippen LogP contribution in [0.15, 0.2) is 36.4 Å². The first-order valence-corrected chi connectivity index (χ1v) is 7.44. The van der Waals surface area contributed by atoms with Crippen LogP contribution in [-0.4, -0.2) is 25.7 Å². The lowest BCUT2D eigenvalue weighted by Gasteiger charge is -2.34. The molecule has 0 saturated carbocycles. The van der Waals surface area contributed by atoms with Crippen molar-refractivity contribution < 1.29 is 4.74 Å². The molecule has 106 valence electrons. The predicted molar refractivity (Wildman–Crippen MR) is 84.5 cm³/mol. The second kappa shape index (κ2) is 5.71. The van der Waals surface area contributed by atoms with E-state index in [0.717, 1.165) is 31.7 Å². The molecule has 1 saturated heterocycles. The molecular formula is C17H22N2O. The van der Waals surface area contributed by atoms with Crippen molar-refractivity contribution in [1.82, 2.24) is 0 Å². The highest BCUT2D eigenvalue weighted by atomic mass is 16.5. The molecule has 1 aliphatic heterocycles. The number of rotatable bonds is 3. The molecule has 2 aromatic rings. The van der Waals surface area contributed by atoms with Crippen LogP contribution in [0.25, 0.3) is 10.8 Å². The zero-order chi connectivity index (χ0) is 13.9. The highest BCUT2D eigenvalue weighted by Crippen LogP contribution is 2.37. The SMILES string of the molecule is CCOc1ccc2ccccc2c1N1CCC(N)CC1. The molecule has 0 amide bonds. The van der Waals surface area contributed by atoms with E-state index >= 15 is 0 Å². The number of hydrogen-bond acceptors (Lipinski definition) is 3. The Balaban J connectivity index is 2.07. The van der Waals surface area contributed by atoms with Gasteiger partial charge in [0.1, 0.15) is 5.75 Å². The Bertz CT molecular complexity index is 589. The van der Waals surface area contributed by atoms with E-state index in [9.17, 15) is 0 Å². The van der Waals surface area contributed by atoms with Gasteiger partial charge in [0, 0.05) is 24.5 Å². The topological polar surface area (TPSA) is 38.5 Å². The highest BCUT2D eigenvalue weighted by molar-refractivity contribution is 5.97. The van der Waals surface area contributed by atoms with E-state index < -0.39 is 0 Å². The Morgan fingerprint density at radius 3 is 2.65 bits per heavy atom. The fraction of sp³-hybridized carbons (Fsp3) is 0.412. The molecule has 3 heteroatoms. The van der Waals surface area contributed by atoms with Gasteiger partial charge in [0.05, 0.1) is 12.3 Å². The van der Waals surface area contributed by atoms with Gasteiger partial charge < -0.3 is 15.4 Å². The first-order valence-electron chi connectivity index (χ1n) is 7.44. The molecule has 20 heavy (non-hydrogen) atoms. The summed E-state index contributed by atoms with van der Waals surface area (Å²) in [6, 6.07) is 13.1. The summed E-state index contributed by atoms with van der Waals surface area (Å²) in [5.74, 6) is 0.988. The Morgan fingerprint density at radius 1 is 1.15 bits per heavy atom. The third-order valence-corrected chi connectivity index (χ3v) is 4.02. The quantitative estimate of drug-likeness (QED) is 0.931. The van der Waals surface area contributed by atoms with Crippen LogP contribution in [0, 0.1) is 0 Å². The van der Waals surface area contributed by atoms with Crippen LogP contribution in [-0.2, 0) is 0 Å². The lowest BCUT2D eigenvalue weighted by Crippen LogP contribution is -2.39. The standard InChI is InChI=1S/C17H22N2O/c1-2-20-16-8-7-13-5-3-4-6-15(13)17(16)19-11-9-14(18)10-12-19/h3-8,14H,2,9-12,18H2,1H3. The van der Waals surface area contributed by atoms with Crippen LogP contribution in [0.3, 0.4) is 0 Å². The summed E-state index contributed by atoms with van der Waals surface area (Å²) >= 11 is 0. The molecule has 3 nitrogen and oxygen atoms in total. The number of hydrogen-bond donors (Lipinski definition) is 1. The molecule has 1 fully saturated rings. The number of ether oxygens (including phenoxy) is 1. The summed E-state index contributed by atoms with van der Waals surface area (Å²) in [5, 5.41) is 2.54. The number of nitrogens with zero attached hydrogens (tertiary/aromatic N) is 1. The zero-order valence-electron chi connectivity index (χ0n) is 12.0. The van der Waals surface area contributed by atoms with Crippen molar-refractivity contribution in [2.24, 2.45) is 5.73 Å². The van der Waals surface area contributed by atoms with E-state index in [2.05, 4.69) is 41.3 Å². The van der Waals surface area contributed by atoms with E-state index in [0.29, 0.717) is 12.6 Å². The summed E-state index contributed by atoms with van der Waals surface area (Å²) in [7, 11) is 0. The predicted octanol–water partition coefficient (Wildman–Crippen LogP) is 3.17.